The summed E-state index contributed by atoms with van der Waals surface area (Å²) in [5, 5.41) is 0. The Morgan fingerprint density at radius 2 is 0.412 bits per heavy atom. The second-order valence-electron chi connectivity index (χ2n) is 26.9. The van der Waals surface area contributed by atoms with Gasteiger partial charge in [-0.05, 0) is 118 Å². The molecule has 6 nitrogen and oxygen atoms in total. The van der Waals surface area contributed by atoms with Crippen LogP contribution in [-0.4, -0.2) is 35.7 Å². The highest BCUT2D eigenvalue weighted by Crippen LogP contribution is 2.69. The fourth-order valence-electron chi connectivity index (χ4n) is 18.8. The number of benzene rings is 8. The second-order valence-corrected chi connectivity index (χ2v) is 26.9. The summed E-state index contributed by atoms with van der Waals surface area (Å²) in [6.45, 7) is 18.9. The van der Waals surface area contributed by atoms with Gasteiger partial charge in [-0.2, -0.15) is 0 Å². The van der Waals surface area contributed by atoms with Crippen molar-refractivity contribution in [2.75, 3.05) is 19.6 Å². The zero-order valence-electron chi connectivity index (χ0n) is 47.3. The minimum Gasteiger partial charge on any atom is -0.337 e. The van der Waals surface area contributed by atoms with E-state index < -0.39 is 23.7 Å². The smallest absolute Gasteiger partial charge is 0.143 e. The maximum Gasteiger partial charge on any atom is 0.143 e. The maximum atomic E-state index is 17.4. The van der Waals surface area contributed by atoms with E-state index in [4.69, 9.17) is 0 Å². The SMILES string of the molecule is CC1(C)c2ccccc2N(C2CC(N3c4ccccc4C(C)(C)c4ccccc43)C3C(=O)C4C5C(C(=O)C2C35)C(N2c3ccccc3C(C)(C)c3ccccc32)CC4N2c3ccccc3C(C)(C)c3ccccc32)c2ccccc21. The van der Waals surface area contributed by atoms with Crippen LogP contribution in [-0.2, 0) is 31.2 Å². The minimum absolute atomic E-state index is 0.221. The fraction of sp³-hybridized carbons (Fsp3) is 0.324. The molecular weight excluding hydrogens is 977 g/mol. The van der Waals surface area contributed by atoms with Gasteiger partial charge in [-0.1, -0.05) is 201 Å². The van der Waals surface area contributed by atoms with Crippen molar-refractivity contribution < 1.29 is 9.59 Å². The molecule has 4 heterocycles. The van der Waals surface area contributed by atoms with Gasteiger partial charge in [0.05, 0.1) is 0 Å². The third-order valence-corrected chi connectivity index (χ3v) is 22.1. The van der Waals surface area contributed by atoms with Crippen LogP contribution in [0.25, 0.3) is 0 Å². The van der Waals surface area contributed by atoms with Crippen molar-refractivity contribution in [1.29, 1.82) is 0 Å². The number of anilines is 8. The Labute approximate surface area is 472 Å². The highest BCUT2D eigenvalue weighted by Gasteiger charge is 2.74. The van der Waals surface area contributed by atoms with E-state index in [0.717, 1.165) is 0 Å². The second kappa shape index (κ2) is 16.5. The first kappa shape index (κ1) is 48.2. The summed E-state index contributed by atoms with van der Waals surface area (Å²) in [5.74, 6) is -1.42. The molecule has 0 N–H and O–H groups in total. The van der Waals surface area contributed by atoms with E-state index >= 15 is 9.59 Å². The lowest BCUT2D eigenvalue weighted by molar-refractivity contribution is -0.133. The van der Waals surface area contributed by atoms with Crippen molar-refractivity contribution in [3.05, 3.63) is 239 Å². The van der Waals surface area contributed by atoms with E-state index in [1.165, 1.54) is 90.0 Å². The van der Waals surface area contributed by atoms with Gasteiger partial charge in [0.2, 0.25) is 0 Å². The maximum absolute atomic E-state index is 17.4. The lowest BCUT2D eigenvalue weighted by Crippen LogP contribution is -2.61. The summed E-state index contributed by atoms with van der Waals surface area (Å²) < 4.78 is 0. The van der Waals surface area contributed by atoms with Gasteiger partial charge in [-0.3, -0.25) is 9.59 Å². The van der Waals surface area contributed by atoms with Crippen molar-refractivity contribution in [3.63, 3.8) is 0 Å². The Kier molecular flexibility index (Phi) is 9.92. The standard InChI is InChI=1S/C74H70N4O2/c1-71(2)43-25-9-17-33-51(43)75(52-34-18-10-26-44(52)71)59-41-60(76-53-35-19-11-27-45(53)72(3,4)46-28-12-20-36-54(46)76)64-67-63(59)69(79)65-61(77-55-37-21-13-29-47(55)73(5,6)48-30-14-22-38-56(48)77)42-62(66(68(65)67)70(64)80)78-57-39-23-15-31-49(57)74(7,8)50-32-16-24-40-58(50)78/h9-40,59-68H,41-42H2,1-8H3. The molecule has 4 aliphatic heterocycles. The van der Waals surface area contributed by atoms with Crippen LogP contribution in [0.15, 0.2) is 194 Å². The lowest BCUT2D eigenvalue weighted by atomic mass is 9.65. The van der Waals surface area contributed by atoms with Crippen molar-refractivity contribution in [2.45, 2.75) is 114 Å². The Morgan fingerprint density at radius 3 is 0.575 bits per heavy atom. The predicted molar refractivity (Wildman–Crippen MR) is 324 cm³/mol. The molecule has 0 spiro atoms. The molecule has 4 fully saturated rings. The van der Waals surface area contributed by atoms with Gasteiger partial charge in [0.25, 0.3) is 0 Å². The molecule has 6 heteroatoms. The molecule has 0 amide bonds. The first-order chi connectivity index (χ1) is 38.6. The van der Waals surface area contributed by atoms with Crippen molar-refractivity contribution in [3.8, 4) is 0 Å². The topological polar surface area (TPSA) is 47.1 Å². The molecule has 398 valence electrons. The molecule has 0 bridgehead atoms. The third-order valence-electron chi connectivity index (χ3n) is 22.1. The lowest BCUT2D eigenvalue weighted by Gasteiger charge is -2.55. The predicted octanol–water partition coefficient (Wildman–Crippen LogP) is 16.0. The van der Waals surface area contributed by atoms with Gasteiger partial charge in [0.15, 0.2) is 0 Å². The zero-order valence-corrected chi connectivity index (χ0v) is 47.3. The molecule has 0 aromatic heterocycles. The molecule has 16 rings (SSSR count). The minimum atomic E-state index is -0.415. The Hall–Kier alpha value is -7.70. The van der Waals surface area contributed by atoms with Crippen molar-refractivity contribution in [1.82, 2.24) is 0 Å². The van der Waals surface area contributed by atoms with Gasteiger partial charge in [0.1, 0.15) is 11.6 Å². The van der Waals surface area contributed by atoms with E-state index in [2.05, 4.69) is 269 Å². The number of para-hydroxylation sites is 8. The van der Waals surface area contributed by atoms with Gasteiger partial charge < -0.3 is 19.6 Å². The van der Waals surface area contributed by atoms with Gasteiger partial charge in [-0.25, -0.2) is 0 Å². The first-order valence-electron chi connectivity index (χ1n) is 29.6. The van der Waals surface area contributed by atoms with Crippen LogP contribution in [0.3, 0.4) is 0 Å². The summed E-state index contributed by atoms with van der Waals surface area (Å²) >= 11 is 0. The molecule has 8 aliphatic rings. The number of Topliss-reactive ketones (excluding diaryl/α,β-unsaturated/α-hetero) is 2. The molecule has 8 unspecified atom stereocenters. The zero-order chi connectivity index (χ0) is 54.5. The molecule has 0 radical (unpaired) electrons. The van der Waals surface area contributed by atoms with E-state index in [9.17, 15) is 0 Å². The first-order valence-corrected chi connectivity index (χ1v) is 29.6. The van der Waals surface area contributed by atoms with E-state index in [1.54, 1.807) is 0 Å². The fourth-order valence-corrected chi connectivity index (χ4v) is 18.8. The number of ketones is 2. The number of hydrogen-bond donors (Lipinski definition) is 0. The average Bonchev–Trinajstić information content (AvgIpc) is 4.15. The number of nitrogens with zero attached hydrogens (tertiary/aromatic N) is 4. The Balaban J connectivity index is 0.981. The summed E-state index contributed by atoms with van der Waals surface area (Å²) in [6, 6.07) is 71.0. The third kappa shape index (κ3) is 6.05. The molecule has 8 atom stereocenters. The molecule has 4 aliphatic carbocycles. The highest BCUT2D eigenvalue weighted by molar-refractivity contribution is 6.00. The van der Waals surface area contributed by atoms with E-state index in [-0.39, 0.29) is 57.7 Å². The van der Waals surface area contributed by atoms with Crippen LogP contribution in [0, 0.1) is 35.5 Å². The quantitative estimate of drug-likeness (QED) is 0.175. The van der Waals surface area contributed by atoms with Crippen molar-refractivity contribution >= 4 is 57.1 Å². The van der Waals surface area contributed by atoms with Crippen LogP contribution in [0.4, 0.5) is 45.5 Å². The highest BCUT2D eigenvalue weighted by atomic mass is 16.1. The van der Waals surface area contributed by atoms with Crippen LogP contribution in [0.1, 0.15) is 113 Å². The molecule has 4 saturated carbocycles. The van der Waals surface area contributed by atoms with Crippen LogP contribution in [0.2, 0.25) is 0 Å². The summed E-state index contributed by atoms with van der Waals surface area (Å²) in [7, 11) is 0. The Bertz CT molecular complexity index is 3240. The number of carbonyl (C=O) groups excluding carboxylic acids is 2. The molecule has 0 saturated heterocycles. The van der Waals surface area contributed by atoms with Crippen LogP contribution in [0.5, 0.6) is 0 Å². The van der Waals surface area contributed by atoms with Gasteiger partial charge >= 0.3 is 0 Å². The number of hydrogen-bond acceptors (Lipinski definition) is 6. The molecule has 8 aromatic rings. The molecule has 8 aromatic carbocycles. The summed E-state index contributed by atoms with van der Waals surface area (Å²) in [6.07, 6.45) is 1.26. The van der Waals surface area contributed by atoms with E-state index in [1.807, 2.05) is 0 Å². The van der Waals surface area contributed by atoms with Gasteiger partial charge in [-0.15, -0.1) is 0 Å². The molecular formula is C74H70N4O2. The normalized spacial score (nSPS) is 28.8. The summed E-state index contributed by atoms with van der Waals surface area (Å²) in [5.41, 5.74) is 18.4. The number of fused-ring (bicyclic) bond motifs is 8. The van der Waals surface area contributed by atoms with Crippen molar-refractivity contribution in [2.24, 2.45) is 35.5 Å². The number of rotatable bonds is 4. The van der Waals surface area contributed by atoms with Crippen LogP contribution >= 0.6 is 0 Å². The van der Waals surface area contributed by atoms with E-state index in [0.29, 0.717) is 24.4 Å². The average molecular weight is 1050 g/mol. The number of carbonyl (C=O) groups is 2. The monoisotopic (exact) mass is 1050 g/mol. The Morgan fingerprint density at radius 1 is 0.263 bits per heavy atom. The largest absolute Gasteiger partial charge is 0.337 e. The molecule has 80 heavy (non-hydrogen) atoms. The van der Waals surface area contributed by atoms with Gasteiger partial charge in [0, 0.05) is 115 Å². The van der Waals surface area contributed by atoms with Crippen LogP contribution < -0.4 is 19.6 Å². The summed E-state index contributed by atoms with van der Waals surface area (Å²) in [4.78, 5) is 45.3.